The van der Waals surface area contributed by atoms with Crippen LogP contribution < -0.4 is 5.32 Å². The highest BCUT2D eigenvalue weighted by Crippen LogP contribution is 2.33. The van der Waals surface area contributed by atoms with Gasteiger partial charge in [-0.25, -0.2) is 0 Å². The fourth-order valence-corrected chi connectivity index (χ4v) is 1.95. The van der Waals surface area contributed by atoms with Gasteiger partial charge in [0.05, 0.1) is 11.8 Å². The van der Waals surface area contributed by atoms with Gasteiger partial charge in [-0.2, -0.15) is 18.3 Å². The topological polar surface area (TPSA) is 78.0 Å². The van der Waals surface area contributed by atoms with E-state index in [-0.39, 0.29) is 11.3 Å². The second kappa shape index (κ2) is 6.18. The summed E-state index contributed by atoms with van der Waals surface area (Å²) in [4.78, 5) is 12.1. The van der Waals surface area contributed by atoms with Crippen molar-refractivity contribution in [1.82, 2.24) is 10.2 Å². The molecule has 1 amide bonds. The van der Waals surface area contributed by atoms with Crippen molar-refractivity contribution >= 4 is 11.6 Å². The van der Waals surface area contributed by atoms with Crippen molar-refractivity contribution < 1.29 is 23.1 Å². The van der Waals surface area contributed by atoms with E-state index in [9.17, 15) is 23.1 Å². The Labute approximate surface area is 124 Å². The third kappa shape index (κ3) is 3.45. The summed E-state index contributed by atoms with van der Waals surface area (Å²) in [6.07, 6.45) is -5.44. The number of aryl methyl sites for hydroxylation is 1. The number of aliphatic hydroxyl groups is 1. The Morgan fingerprint density at radius 1 is 1.45 bits per heavy atom. The van der Waals surface area contributed by atoms with Crippen molar-refractivity contribution in [3.8, 4) is 0 Å². The first kappa shape index (κ1) is 16.0. The largest absolute Gasteiger partial charge is 0.418 e. The number of benzene rings is 1. The number of rotatable bonds is 4. The smallest absolute Gasteiger partial charge is 0.379 e. The van der Waals surface area contributed by atoms with E-state index in [4.69, 9.17) is 0 Å². The molecule has 0 radical (unpaired) electrons. The Morgan fingerprint density at radius 3 is 2.82 bits per heavy atom. The molecule has 0 saturated carbocycles. The normalized spacial score (nSPS) is 13.0. The highest BCUT2D eigenvalue weighted by Gasteiger charge is 2.39. The molecule has 3 N–H and O–H groups in total. The fourth-order valence-electron chi connectivity index (χ4n) is 1.95. The summed E-state index contributed by atoms with van der Waals surface area (Å²) in [7, 11) is 0. The minimum atomic E-state index is -4.76. The van der Waals surface area contributed by atoms with Crippen LogP contribution in [-0.4, -0.2) is 27.4 Å². The minimum Gasteiger partial charge on any atom is -0.379 e. The quantitative estimate of drug-likeness (QED) is 0.812. The molecule has 0 spiro atoms. The molecule has 0 fully saturated rings. The van der Waals surface area contributed by atoms with E-state index in [1.807, 2.05) is 6.92 Å². The monoisotopic (exact) mass is 313 g/mol. The van der Waals surface area contributed by atoms with Crippen molar-refractivity contribution in [2.75, 3.05) is 5.32 Å². The number of amides is 1. The number of aliphatic hydroxyl groups excluding tert-OH is 1. The van der Waals surface area contributed by atoms with Crippen LogP contribution in [0.5, 0.6) is 0 Å². The van der Waals surface area contributed by atoms with E-state index in [0.29, 0.717) is 17.7 Å². The number of alkyl halides is 3. The summed E-state index contributed by atoms with van der Waals surface area (Å²) < 4.78 is 37.5. The SMILES string of the molecule is CCc1[nH]ncc1C(=O)Nc1cccc(C(O)C(F)(F)F)c1. The van der Waals surface area contributed by atoms with Crippen LogP contribution in [0.2, 0.25) is 0 Å². The molecular weight excluding hydrogens is 299 g/mol. The van der Waals surface area contributed by atoms with Crippen molar-refractivity contribution in [1.29, 1.82) is 0 Å². The number of hydrogen-bond acceptors (Lipinski definition) is 3. The molecule has 0 bridgehead atoms. The number of carbonyl (C=O) groups is 1. The maximum absolute atomic E-state index is 12.5. The Kier molecular flexibility index (Phi) is 4.51. The van der Waals surface area contributed by atoms with Gasteiger partial charge in [0, 0.05) is 11.4 Å². The van der Waals surface area contributed by atoms with E-state index < -0.39 is 18.2 Å². The molecule has 8 heteroatoms. The number of aromatic amines is 1. The van der Waals surface area contributed by atoms with Crippen LogP contribution in [0.1, 0.15) is 34.6 Å². The minimum absolute atomic E-state index is 0.161. The number of anilines is 1. The highest BCUT2D eigenvalue weighted by molar-refractivity contribution is 6.04. The lowest BCUT2D eigenvalue weighted by Gasteiger charge is -2.15. The highest BCUT2D eigenvalue weighted by atomic mass is 19.4. The summed E-state index contributed by atoms with van der Waals surface area (Å²) in [5, 5.41) is 18.1. The zero-order valence-electron chi connectivity index (χ0n) is 11.6. The zero-order chi connectivity index (χ0) is 16.3. The van der Waals surface area contributed by atoms with E-state index in [2.05, 4.69) is 15.5 Å². The summed E-state index contributed by atoms with van der Waals surface area (Å²) in [6, 6.07) is 5.00. The first-order valence-electron chi connectivity index (χ1n) is 6.51. The number of halogens is 3. The molecule has 2 rings (SSSR count). The summed E-state index contributed by atoms with van der Waals surface area (Å²) in [5.74, 6) is -0.482. The van der Waals surface area contributed by atoms with Crippen molar-refractivity contribution in [3.05, 3.63) is 47.3 Å². The summed E-state index contributed by atoms with van der Waals surface area (Å²) in [6.45, 7) is 1.84. The predicted molar refractivity (Wildman–Crippen MR) is 73.4 cm³/mol. The molecule has 0 aliphatic heterocycles. The zero-order valence-corrected chi connectivity index (χ0v) is 11.6. The van der Waals surface area contributed by atoms with E-state index in [0.717, 1.165) is 12.1 Å². The second-order valence-electron chi connectivity index (χ2n) is 4.64. The lowest BCUT2D eigenvalue weighted by atomic mass is 10.1. The van der Waals surface area contributed by atoms with E-state index >= 15 is 0 Å². The van der Waals surface area contributed by atoms with Gasteiger partial charge >= 0.3 is 6.18 Å². The van der Waals surface area contributed by atoms with Crippen LogP contribution in [0.4, 0.5) is 18.9 Å². The van der Waals surface area contributed by atoms with Gasteiger partial charge in [-0.05, 0) is 24.1 Å². The molecule has 1 aromatic carbocycles. The van der Waals surface area contributed by atoms with Crippen molar-refractivity contribution in [2.45, 2.75) is 25.6 Å². The molecule has 0 aliphatic carbocycles. The lowest BCUT2D eigenvalue weighted by molar-refractivity contribution is -0.206. The predicted octanol–water partition coefficient (Wildman–Crippen LogP) is 2.82. The van der Waals surface area contributed by atoms with Gasteiger partial charge < -0.3 is 10.4 Å². The third-order valence-corrected chi connectivity index (χ3v) is 3.09. The average Bonchev–Trinajstić information content (AvgIpc) is 2.94. The van der Waals surface area contributed by atoms with Crippen LogP contribution in [0.25, 0.3) is 0 Å². The van der Waals surface area contributed by atoms with Crippen LogP contribution in [-0.2, 0) is 6.42 Å². The first-order valence-corrected chi connectivity index (χ1v) is 6.51. The Morgan fingerprint density at radius 2 is 2.18 bits per heavy atom. The summed E-state index contributed by atoms with van der Waals surface area (Å²) >= 11 is 0. The van der Waals surface area contributed by atoms with Gasteiger partial charge in [0.15, 0.2) is 6.10 Å². The molecule has 1 aromatic heterocycles. The maximum atomic E-state index is 12.5. The van der Waals surface area contributed by atoms with Crippen LogP contribution >= 0.6 is 0 Å². The van der Waals surface area contributed by atoms with E-state index in [1.54, 1.807) is 0 Å². The van der Waals surface area contributed by atoms with Gasteiger partial charge in [0.2, 0.25) is 0 Å². The number of carbonyl (C=O) groups excluding carboxylic acids is 1. The van der Waals surface area contributed by atoms with Gasteiger partial charge in [0.1, 0.15) is 0 Å². The Bertz CT molecular complexity index is 667. The van der Waals surface area contributed by atoms with Crippen LogP contribution in [0, 0.1) is 0 Å². The number of H-pyrrole nitrogens is 1. The van der Waals surface area contributed by atoms with Gasteiger partial charge in [-0.1, -0.05) is 19.1 Å². The molecule has 0 aliphatic rings. The lowest BCUT2D eigenvalue weighted by Crippen LogP contribution is -2.20. The molecule has 118 valence electrons. The first-order chi connectivity index (χ1) is 10.3. The maximum Gasteiger partial charge on any atom is 0.418 e. The number of hydrogen-bond donors (Lipinski definition) is 3. The van der Waals surface area contributed by atoms with Crippen molar-refractivity contribution in [2.24, 2.45) is 0 Å². The molecule has 1 atom stereocenters. The molecule has 1 unspecified atom stereocenters. The number of aromatic nitrogens is 2. The summed E-state index contributed by atoms with van der Waals surface area (Å²) in [5.41, 5.74) is 0.774. The average molecular weight is 313 g/mol. The van der Waals surface area contributed by atoms with Gasteiger partial charge in [-0.3, -0.25) is 9.89 Å². The standard InChI is InChI=1S/C14H14F3N3O2/c1-2-11-10(7-18-20-11)13(22)19-9-5-3-4-8(6-9)12(21)14(15,16)17/h3-7,12,21H,2H2,1H3,(H,18,20)(H,19,22). The molecule has 2 aromatic rings. The second-order valence-corrected chi connectivity index (χ2v) is 4.64. The Hall–Kier alpha value is -2.35. The Balaban J connectivity index is 2.19. The third-order valence-electron chi connectivity index (χ3n) is 3.09. The van der Waals surface area contributed by atoms with Gasteiger partial charge in [-0.15, -0.1) is 0 Å². The molecule has 1 heterocycles. The van der Waals surface area contributed by atoms with Gasteiger partial charge in [0.25, 0.3) is 5.91 Å². The molecule has 5 nitrogen and oxygen atoms in total. The van der Waals surface area contributed by atoms with Crippen LogP contribution in [0.3, 0.4) is 0 Å². The van der Waals surface area contributed by atoms with Crippen LogP contribution in [0.15, 0.2) is 30.5 Å². The van der Waals surface area contributed by atoms with E-state index in [1.165, 1.54) is 18.3 Å². The van der Waals surface area contributed by atoms with Crippen molar-refractivity contribution in [3.63, 3.8) is 0 Å². The molecule has 0 saturated heterocycles. The molecular formula is C14H14F3N3O2. The fraction of sp³-hybridized carbons (Fsp3) is 0.286. The molecule has 22 heavy (non-hydrogen) atoms. The number of nitrogens with one attached hydrogen (secondary N) is 2. The number of nitrogens with zero attached hydrogens (tertiary/aromatic N) is 1.